The molecule has 1 aliphatic carbocycles. The predicted octanol–water partition coefficient (Wildman–Crippen LogP) is 5.41. The number of rotatable bonds is 3. The van der Waals surface area contributed by atoms with Crippen LogP contribution >= 0.6 is 0 Å². The Hall–Kier alpha value is -2.03. The van der Waals surface area contributed by atoms with Gasteiger partial charge >= 0.3 is 0 Å². The predicted molar refractivity (Wildman–Crippen MR) is 87.3 cm³/mol. The summed E-state index contributed by atoms with van der Waals surface area (Å²) < 4.78 is 29.1. The molecule has 0 spiro atoms. The number of aryl methyl sites for hydroxylation is 1. The van der Waals surface area contributed by atoms with Gasteiger partial charge in [0.25, 0.3) is 0 Å². The molecule has 120 valence electrons. The lowest BCUT2D eigenvalue weighted by atomic mass is 9.79. The summed E-state index contributed by atoms with van der Waals surface area (Å²) in [7, 11) is 0. The van der Waals surface area contributed by atoms with Crippen molar-refractivity contribution in [2.75, 3.05) is 0 Å². The van der Waals surface area contributed by atoms with Crippen LogP contribution in [0.25, 0.3) is 11.1 Å². The number of hydrogen-bond donors (Lipinski definition) is 0. The summed E-state index contributed by atoms with van der Waals surface area (Å²) in [5, 5.41) is 0. The molecule has 3 rings (SSSR count). The van der Waals surface area contributed by atoms with Crippen LogP contribution in [-0.2, 0) is 4.79 Å². The van der Waals surface area contributed by atoms with E-state index in [-0.39, 0.29) is 11.8 Å². The Morgan fingerprint density at radius 1 is 0.913 bits per heavy atom. The Bertz CT molecular complexity index is 698. The van der Waals surface area contributed by atoms with Gasteiger partial charge in [-0.3, -0.25) is 0 Å². The van der Waals surface area contributed by atoms with Crippen molar-refractivity contribution >= 4 is 6.29 Å². The second-order valence-electron chi connectivity index (χ2n) is 6.44. The lowest BCUT2D eigenvalue weighted by Crippen LogP contribution is -2.15. The number of carbonyl (C=O) groups excluding carboxylic acids is 1. The molecule has 2 aromatic carbocycles. The zero-order valence-electron chi connectivity index (χ0n) is 13.2. The number of aldehydes is 1. The summed E-state index contributed by atoms with van der Waals surface area (Å²) in [6.07, 6.45) is 3.98. The normalized spacial score (nSPS) is 21.2. The maximum Gasteiger partial charge on any atom is 0.166 e. The first kappa shape index (κ1) is 15.9. The van der Waals surface area contributed by atoms with Gasteiger partial charge in [-0.05, 0) is 49.7 Å². The smallest absolute Gasteiger partial charge is 0.166 e. The highest BCUT2D eigenvalue weighted by Crippen LogP contribution is 2.38. The Kier molecular flexibility index (Phi) is 4.56. The molecule has 0 bridgehead atoms. The van der Waals surface area contributed by atoms with E-state index >= 15 is 0 Å². The maximum absolute atomic E-state index is 14.5. The molecule has 2 aromatic rings. The molecule has 0 amide bonds. The van der Waals surface area contributed by atoms with E-state index in [1.807, 2.05) is 31.2 Å². The molecule has 0 heterocycles. The second kappa shape index (κ2) is 6.61. The third-order valence-corrected chi connectivity index (χ3v) is 4.88. The molecule has 0 saturated heterocycles. The van der Waals surface area contributed by atoms with E-state index in [9.17, 15) is 13.6 Å². The van der Waals surface area contributed by atoms with Gasteiger partial charge in [-0.1, -0.05) is 42.0 Å². The van der Waals surface area contributed by atoms with E-state index in [2.05, 4.69) is 0 Å². The molecule has 0 unspecified atom stereocenters. The fourth-order valence-corrected chi connectivity index (χ4v) is 3.40. The molecule has 0 aromatic heterocycles. The molecule has 0 aliphatic heterocycles. The molecule has 1 saturated carbocycles. The van der Waals surface area contributed by atoms with E-state index in [1.54, 1.807) is 12.1 Å². The van der Waals surface area contributed by atoms with Crippen LogP contribution in [0.1, 0.15) is 42.7 Å². The van der Waals surface area contributed by atoms with Gasteiger partial charge in [0.1, 0.15) is 6.29 Å². The van der Waals surface area contributed by atoms with Gasteiger partial charge in [0, 0.05) is 11.5 Å². The fourth-order valence-electron chi connectivity index (χ4n) is 3.40. The van der Waals surface area contributed by atoms with Crippen LogP contribution < -0.4 is 0 Å². The summed E-state index contributed by atoms with van der Waals surface area (Å²) >= 11 is 0. The van der Waals surface area contributed by atoms with E-state index in [1.165, 1.54) is 0 Å². The van der Waals surface area contributed by atoms with Crippen LogP contribution in [-0.4, -0.2) is 6.29 Å². The van der Waals surface area contributed by atoms with Gasteiger partial charge < -0.3 is 4.79 Å². The summed E-state index contributed by atoms with van der Waals surface area (Å²) in [6.45, 7) is 1.96. The molecular weight excluding hydrogens is 294 g/mol. The first-order valence-electron chi connectivity index (χ1n) is 8.10. The van der Waals surface area contributed by atoms with Crippen molar-refractivity contribution in [3.05, 3.63) is 59.2 Å². The highest BCUT2D eigenvalue weighted by atomic mass is 19.2. The van der Waals surface area contributed by atoms with Gasteiger partial charge in [0.05, 0.1) is 0 Å². The van der Waals surface area contributed by atoms with Crippen molar-refractivity contribution in [1.29, 1.82) is 0 Å². The van der Waals surface area contributed by atoms with Gasteiger partial charge in [0.2, 0.25) is 0 Å². The van der Waals surface area contributed by atoms with Gasteiger partial charge in [0.15, 0.2) is 11.6 Å². The minimum Gasteiger partial charge on any atom is -0.303 e. The van der Waals surface area contributed by atoms with Gasteiger partial charge in [-0.15, -0.1) is 0 Å². The van der Waals surface area contributed by atoms with Crippen molar-refractivity contribution < 1.29 is 13.6 Å². The van der Waals surface area contributed by atoms with Crippen LogP contribution in [0, 0.1) is 24.5 Å². The van der Waals surface area contributed by atoms with Crippen molar-refractivity contribution in [3.8, 4) is 11.1 Å². The molecule has 1 aliphatic rings. The molecule has 23 heavy (non-hydrogen) atoms. The van der Waals surface area contributed by atoms with Crippen LogP contribution in [0.2, 0.25) is 0 Å². The minimum absolute atomic E-state index is 0.00719. The maximum atomic E-state index is 14.5. The molecular formula is C20H20F2O. The van der Waals surface area contributed by atoms with E-state index < -0.39 is 11.6 Å². The summed E-state index contributed by atoms with van der Waals surface area (Å²) in [6, 6.07) is 10.8. The van der Waals surface area contributed by atoms with Gasteiger partial charge in [-0.25, -0.2) is 8.78 Å². The summed E-state index contributed by atoms with van der Waals surface area (Å²) in [5.74, 6) is -1.43. The van der Waals surface area contributed by atoms with Crippen LogP contribution in [0.4, 0.5) is 8.78 Å². The molecule has 1 fully saturated rings. The van der Waals surface area contributed by atoms with Gasteiger partial charge in [-0.2, -0.15) is 0 Å². The van der Waals surface area contributed by atoms with Crippen LogP contribution in [0.5, 0.6) is 0 Å². The number of benzene rings is 2. The molecule has 0 N–H and O–H groups in total. The van der Waals surface area contributed by atoms with E-state index in [0.29, 0.717) is 16.7 Å². The molecule has 0 radical (unpaired) electrons. The Labute approximate surface area is 135 Å². The average Bonchev–Trinajstić information content (AvgIpc) is 2.58. The monoisotopic (exact) mass is 314 g/mol. The highest BCUT2D eigenvalue weighted by Gasteiger charge is 2.26. The third-order valence-electron chi connectivity index (χ3n) is 4.88. The minimum atomic E-state index is -0.774. The molecule has 3 heteroatoms. The first-order valence-corrected chi connectivity index (χ1v) is 8.10. The van der Waals surface area contributed by atoms with Crippen molar-refractivity contribution in [2.24, 2.45) is 5.92 Å². The molecule has 1 nitrogen and oxygen atoms in total. The zero-order valence-corrected chi connectivity index (χ0v) is 13.2. The summed E-state index contributed by atoms with van der Waals surface area (Å²) in [5.41, 5.74) is 2.51. The van der Waals surface area contributed by atoms with Crippen molar-refractivity contribution in [2.45, 2.75) is 38.5 Å². The fraction of sp³-hybridized carbons (Fsp3) is 0.350. The van der Waals surface area contributed by atoms with Crippen LogP contribution in [0.15, 0.2) is 36.4 Å². The highest BCUT2D eigenvalue weighted by molar-refractivity contribution is 5.65. The summed E-state index contributed by atoms with van der Waals surface area (Å²) in [4.78, 5) is 10.8. The third kappa shape index (κ3) is 3.19. The largest absolute Gasteiger partial charge is 0.303 e. The van der Waals surface area contributed by atoms with Crippen LogP contribution in [0.3, 0.4) is 0 Å². The van der Waals surface area contributed by atoms with E-state index in [4.69, 9.17) is 0 Å². The standard InChI is InChI=1S/C20H20F2O/c1-13-2-6-15(7-3-13)17-10-11-18(20(22)19(17)21)16-8-4-14(12-23)5-9-16/h2-3,6-7,10-12,14,16H,4-5,8-9H2,1H3. The lowest BCUT2D eigenvalue weighted by Gasteiger charge is -2.26. The Balaban J connectivity index is 1.89. The number of hydrogen-bond acceptors (Lipinski definition) is 1. The first-order chi connectivity index (χ1) is 11.1. The van der Waals surface area contributed by atoms with Crippen molar-refractivity contribution in [3.63, 3.8) is 0 Å². The Morgan fingerprint density at radius 3 is 2.17 bits per heavy atom. The van der Waals surface area contributed by atoms with Crippen molar-refractivity contribution in [1.82, 2.24) is 0 Å². The SMILES string of the molecule is Cc1ccc(-c2ccc(C3CCC(C=O)CC3)c(F)c2F)cc1. The van der Waals surface area contributed by atoms with E-state index in [0.717, 1.165) is 37.5 Å². The number of carbonyl (C=O) groups is 1. The molecule has 0 atom stereocenters. The second-order valence-corrected chi connectivity index (χ2v) is 6.44. The number of halogens is 2. The Morgan fingerprint density at radius 2 is 1.57 bits per heavy atom. The topological polar surface area (TPSA) is 17.1 Å². The quantitative estimate of drug-likeness (QED) is 0.692. The average molecular weight is 314 g/mol. The zero-order chi connectivity index (χ0) is 16.4. The lowest BCUT2D eigenvalue weighted by molar-refractivity contribution is -0.111.